The summed E-state index contributed by atoms with van der Waals surface area (Å²) in [6.45, 7) is 11.5. The summed E-state index contributed by atoms with van der Waals surface area (Å²) >= 11 is 0. The van der Waals surface area contributed by atoms with Gasteiger partial charge in [0.05, 0.1) is 11.2 Å². The Bertz CT molecular complexity index is 4070. The molecule has 0 bridgehead atoms. The zero-order valence-electron chi connectivity index (χ0n) is 38.7. The number of furan rings is 2. The van der Waals surface area contributed by atoms with E-state index >= 15 is 0 Å². The number of fused-ring (bicyclic) bond motifs is 12. The van der Waals surface area contributed by atoms with E-state index in [1.165, 1.54) is 55.1 Å². The topological polar surface area (TPSA) is 43.2 Å². The van der Waals surface area contributed by atoms with Crippen LogP contribution in [0, 0.1) is 0 Å². The summed E-state index contributed by atoms with van der Waals surface area (Å²) in [5, 5.41) is 9.63. The Morgan fingerprint density at radius 3 is 2.01 bits per heavy atom. The van der Waals surface area contributed by atoms with Crippen LogP contribution in [0.25, 0.3) is 105 Å². The van der Waals surface area contributed by atoms with E-state index in [2.05, 4.69) is 228 Å². The zero-order valence-corrected chi connectivity index (χ0v) is 38.7. The second-order valence-corrected chi connectivity index (χ2v) is 20.4. The van der Waals surface area contributed by atoms with Crippen LogP contribution in [-0.4, -0.2) is 11.8 Å². The van der Waals surface area contributed by atoms with E-state index in [0.717, 1.165) is 89.0 Å². The molecule has 4 nitrogen and oxygen atoms in total. The Hall–Kier alpha value is -8.02. The lowest BCUT2D eigenvalue weighted by molar-refractivity contribution is 0.590. The molecule has 9 aromatic carbocycles. The third kappa shape index (κ3) is 5.62. The highest BCUT2D eigenvalue weighted by Gasteiger charge is 2.37. The van der Waals surface area contributed by atoms with Gasteiger partial charge < -0.3 is 18.7 Å². The first-order valence-electron chi connectivity index (χ1n) is 23.7. The Kier molecular flexibility index (Phi) is 8.07. The summed E-state index contributed by atoms with van der Waals surface area (Å²) in [6, 6.07) is 66.3. The molecule has 14 rings (SSSR count). The van der Waals surface area contributed by atoms with E-state index in [0.29, 0.717) is 0 Å². The van der Waals surface area contributed by atoms with Crippen molar-refractivity contribution in [3.8, 4) is 50.4 Å². The number of anilines is 2. The predicted molar refractivity (Wildman–Crippen MR) is 285 cm³/mol. The van der Waals surface area contributed by atoms with E-state index in [-0.39, 0.29) is 10.8 Å². The van der Waals surface area contributed by atoms with Crippen molar-refractivity contribution in [2.75, 3.05) is 5.32 Å². The first-order valence-corrected chi connectivity index (χ1v) is 23.7. The minimum absolute atomic E-state index is 0.0479. The van der Waals surface area contributed by atoms with Crippen LogP contribution in [0.15, 0.2) is 191 Å². The summed E-state index contributed by atoms with van der Waals surface area (Å²) < 4.78 is 16.1. The smallest absolute Gasteiger partial charge is 0.198 e. The molecular weight excluding hydrogens is 828 g/mol. The Morgan fingerprint density at radius 2 is 1.22 bits per heavy atom. The molecule has 0 saturated carbocycles. The lowest BCUT2D eigenvalue weighted by Gasteiger charge is -2.25. The molecular formula is C63H46BN2O2. The fraction of sp³-hybridized carbons (Fsp3) is 0.111. The van der Waals surface area contributed by atoms with E-state index in [4.69, 9.17) is 8.83 Å². The lowest BCUT2D eigenvalue weighted by atomic mass is 9.59. The van der Waals surface area contributed by atoms with E-state index in [9.17, 15) is 0 Å². The molecule has 1 N–H and O–H groups in total. The molecule has 2 aliphatic rings. The van der Waals surface area contributed by atoms with Gasteiger partial charge in [0.2, 0.25) is 0 Å². The number of rotatable bonds is 5. The van der Waals surface area contributed by atoms with Gasteiger partial charge in [-0.05, 0) is 98.4 Å². The number of nitrogens with one attached hydrogen (secondary N) is 1. The highest BCUT2D eigenvalue weighted by atomic mass is 16.3. The second-order valence-electron chi connectivity index (χ2n) is 20.4. The van der Waals surface area contributed by atoms with Crippen molar-refractivity contribution in [3.05, 3.63) is 199 Å². The van der Waals surface area contributed by atoms with Crippen molar-refractivity contribution in [2.24, 2.45) is 0 Å². The van der Waals surface area contributed by atoms with Crippen molar-refractivity contribution in [1.29, 1.82) is 0 Å². The molecule has 0 saturated heterocycles. The van der Waals surface area contributed by atoms with Gasteiger partial charge in [0.15, 0.2) is 7.28 Å². The molecule has 0 spiro atoms. The predicted octanol–water partition coefficient (Wildman–Crippen LogP) is 15.7. The monoisotopic (exact) mass is 873 g/mol. The highest BCUT2D eigenvalue weighted by Crippen LogP contribution is 2.52. The molecule has 68 heavy (non-hydrogen) atoms. The standard InChI is InChI=1S/C63H46BN2O2/c1-62(2,3)38-24-26-39(27-25-38)65-52-35-57-47(41-21-13-15-23-55(41)67-57)31-45(52)42-28-29-43-46-30-44-40-20-12-14-22-49(40)63(4,5)50(44)33-53(46)66-54-32-48-56(34-51(54)64-59(42)60(43)66)68-61(37-18-10-7-11-19-37)58(48)36-16-8-6-9-17-36/h6-35,65H,1-5H3. The third-order valence-corrected chi connectivity index (χ3v) is 15.0. The van der Waals surface area contributed by atoms with Gasteiger partial charge in [-0.25, -0.2) is 0 Å². The Labute approximate surface area is 395 Å². The fourth-order valence-corrected chi connectivity index (χ4v) is 11.6. The number of nitrogens with zero attached hydrogens (tertiary/aromatic N) is 1. The fourth-order valence-electron chi connectivity index (χ4n) is 11.6. The van der Waals surface area contributed by atoms with Crippen LogP contribution in [0.4, 0.5) is 11.4 Å². The van der Waals surface area contributed by atoms with Crippen molar-refractivity contribution < 1.29 is 8.83 Å². The molecule has 4 heterocycles. The Morgan fingerprint density at radius 1 is 0.515 bits per heavy atom. The largest absolute Gasteiger partial charge is 0.456 e. The molecule has 0 unspecified atom stereocenters. The van der Waals surface area contributed by atoms with Crippen LogP contribution in [0.2, 0.25) is 0 Å². The van der Waals surface area contributed by atoms with Gasteiger partial charge in [0.1, 0.15) is 22.5 Å². The van der Waals surface area contributed by atoms with Crippen molar-refractivity contribution in [1.82, 2.24) is 4.57 Å². The molecule has 323 valence electrons. The minimum atomic E-state index is -0.164. The zero-order chi connectivity index (χ0) is 45.6. The van der Waals surface area contributed by atoms with Crippen molar-refractivity contribution >= 4 is 84.3 Å². The lowest BCUT2D eigenvalue weighted by Crippen LogP contribution is -2.37. The quantitative estimate of drug-likeness (QED) is 0.175. The maximum atomic E-state index is 7.02. The van der Waals surface area contributed by atoms with E-state index in [1.54, 1.807) is 0 Å². The average Bonchev–Trinajstić information content (AvgIpc) is 4.07. The van der Waals surface area contributed by atoms with Gasteiger partial charge in [0, 0.05) is 72.0 Å². The van der Waals surface area contributed by atoms with Gasteiger partial charge in [0.25, 0.3) is 0 Å². The minimum Gasteiger partial charge on any atom is -0.456 e. The Balaban J connectivity index is 1.07. The normalized spacial score (nSPS) is 13.6. The number of hydrogen-bond acceptors (Lipinski definition) is 3. The van der Waals surface area contributed by atoms with Crippen LogP contribution in [0.5, 0.6) is 0 Å². The summed E-state index contributed by atoms with van der Waals surface area (Å²) in [7, 11) is 2.41. The molecule has 0 atom stereocenters. The number of para-hydroxylation sites is 1. The van der Waals surface area contributed by atoms with Gasteiger partial charge in [-0.2, -0.15) is 0 Å². The summed E-state index contributed by atoms with van der Waals surface area (Å²) in [5.74, 6) is 0.874. The SMILES string of the molecule is CC(C)(C)c1ccc(Nc2cc3oc4ccccc4c3cc2-c2ccc3c4cc5c(cc4n4c3c2[B]c2cc3oc(-c6ccccc6)c(-c6ccccc6)c3cc2-4)C(C)(C)c2ccccc2-5)cc1. The number of hydrogen-bond donors (Lipinski definition) is 1. The van der Waals surface area contributed by atoms with Crippen molar-refractivity contribution in [2.45, 2.75) is 45.4 Å². The first kappa shape index (κ1) is 39.2. The molecule has 1 aliphatic carbocycles. The molecule has 5 heteroatoms. The molecule has 0 fully saturated rings. The maximum absolute atomic E-state index is 7.02. The average molecular weight is 874 g/mol. The van der Waals surface area contributed by atoms with Gasteiger partial charge in [-0.1, -0.05) is 167 Å². The second kappa shape index (κ2) is 14.0. The molecule has 3 aromatic heterocycles. The van der Waals surface area contributed by atoms with Crippen LogP contribution in [0.1, 0.15) is 51.3 Å². The number of aromatic nitrogens is 1. The van der Waals surface area contributed by atoms with Gasteiger partial charge >= 0.3 is 0 Å². The molecule has 1 radical (unpaired) electrons. The van der Waals surface area contributed by atoms with E-state index in [1.807, 2.05) is 6.07 Å². The van der Waals surface area contributed by atoms with Crippen LogP contribution >= 0.6 is 0 Å². The third-order valence-electron chi connectivity index (χ3n) is 15.0. The maximum Gasteiger partial charge on any atom is 0.198 e. The van der Waals surface area contributed by atoms with E-state index < -0.39 is 0 Å². The molecule has 0 amide bonds. The summed E-state index contributed by atoms with van der Waals surface area (Å²) in [5.41, 5.74) is 22.5. The van der Waals surface area contributed by atoms with Gasteiger partial charge in [-0.3, -0.25) is 0 Å². The summed E-state index contributed by atoms with van der Waals surface area (Å²) in [6.07, 6.45) is 0. The number of benzene rings is 9. The van der Waals surface area contributed by atoms with Crippen molar-refractivity contribution in [3.63, 3.8) is 0 Å². The summed E-state index contributed by atoms with van der Waals surface area (Å²) in [4.78, 5) is 0. The molecule has 12 aromatic rings. The van der Waals surface area contributed by atoms with Crippen LogP contribution < -0.4 is 16.2 Å². The molecule has 1 aliphatic heterocycles. The van der Waals surface area contributed by atoms with Crippen LogP contribution in [0.3, 0.4) is 0 Å². The van der Waals surface area contributed by atoms with Gasteiger partial charge in [-0.15, -0.1) is 0 Å². The van der Waals surface area contributed by atoms with Crippen LogP contribution in [-0.2, 0) is 10.8 Å². The highest BCUT2D eigenvalue weighted by molar-refractivity contribution is 6.73. The first-order chi connectivity index (χ1) is 33.1.